The second-order valence-corrected chi connectivity index (χ2v) is 8.85. The van der Waals surface area contributed by atoms with Crippen molar-refractivity contribution < 1.29 is 22.7 Å². The molecule has 0 aliphatic carbocycles. The van der Waals surface area contributed by atoms with Gasteiger partial charge < -0.3 is 19.7 Å². The number of nitrogens with one attached hydrogen (secondary N) is 1. The Balaban J connectivity index is 2.06. The van der Waals surface area contributed by atoms with Crippen molar-refractivity contribution in [1.82, 2.24) is 14.5 Å². The van der Waals surface area contributed by atoms with Gasteiger partial charge in [0.05, 0.1) is 19.1 Å². The molecule has 1 fully saturated rings. The van der Waals surface area contributed by atoms with Gasteiger partial charge in [0.15, 0.2) is 11.5 Å². The number of carbonyl (C=O) groups excluding carboxylic acids is 1. The number of benzene rings is 1. The first-order valence-electron chi connectivity index (χ1n) is 10.1. The van der Waals surface area contributed by atoms with Crippen molar-refractivity contribution >= 4 is 15.9 Å². The molecule has 0 radical (unpaired) electrons. The lowest BCUT2D eigenvalue weighted by Gasteiger charge is -2.24. The van der Waals surface area contributed by atoms with E-state index in [1.54, 1.807) is 6.07 Å². The molecule has 0 bridgehead atoms. The zero-order valence-corrected chi connectivity index (χ0v) is 18.6. The maximum atomic E-state index is 13.2. The molecule has 1 saturated heterocycles. The lowest BCUT2D eigenvalue weighted by molar-refractivity contribution is -0.124. The highest BCUT2D eigenvalue weighted by atomic mass is 32.2. The average molecular weight is 428 g/mol. The fourth-order valence-corrected chi connectivity index (χ4v) is 5.25. The van der Waals surface area contributed by atoms with Crippen LogP contribution in [0, 0.1) is 0 Å². The predicted molar refractivity (Wildman–Crippen MR) is 112 cm³/mol. The van der Waals surface area contributed by atoms with Crippen LogP contribution < -0.4 is 14.8 Å². The molecule has 1 aromatic carbocycles. The van der Waals surface area contributed by atoms with Gasteiger partial charge in [-0.15, -0.1) is 0 Å². The molecule has 1 heterocycles. The topological polar surface area (TPSA) is 88.2 Å². The zero-order valence-electron chi connectivity index (χ0n) is 17.8. The molecule has 1 N–H and O–H groups in total. The Morgan fingerprint density at radius 1 is 1.21 bits per heavy atom. The van der Waals surface area contributed by atoms with E-state index in [4.69, 9.17) is 9.47 Å². The minimum absolute atomic E-state index is 0.0939. The van der Waals surface area contributed by atoms with E-state index in [0.29, 0.717) is 37.4 Å². The van der Waals surface area contributed by atoms with Crippen molar-refractivity contribution in [2.45, 2.75) is 44.0 Å². The second kappa shape index (κ2) is 10.8. The van der Waals surface area contributed by atoms with Gasteiger partial charge >= 0.3 is 0 Å². The molecular weight excluding hydrogens is 394 g/mol. The summed E-state index contributed by atoms with van der Waals surface area (Å²) in [5.41, 5.74) is 0. The van der Waals surface area contributed by atoms with Crippen LogP contribution in [-0.4, -0.2) is 76.5 Å². The van der Waals surface area contributed by atoms with Crippen LogP contribution in [0.25, 0.3) is 0 Å². The van der Waals surface area contributed by atoms with Crippen LogP contribution in [0.3, 0.4) is 0 Å². The smallest absolute Gasteiger partial charge is 0.243 e. The molecule has 164 valence electrons. The lowest BCUT2D eigenvalue weighted by Crippen LogP contribution is -2.46. The van der Waals surface area contributed by atoms with Crippen molar-refractivity contribution in [2.24, 2.45) is 0 Å². The summed E-state index contributed by atoms with van der Waals surface area (Å²) in [6, 6.07) is 3.80. The van der Waals surface area contributed by atoms with Crippen LogP contribution in [0.1, 0.15) is 33.1 Å². The van der Waals surface area contributed by atoms with Crippen molar-refractivity contribution in [3.8, 4) is 11.5 Å². The van der Waals surface area contributed by atoms with Gasteiger partial charge in [-0.25, -0.2) is 8.42 Å². The molecule has 0 spiro atoms. The standard InChI is InChI=1S/C20H33N3O5S/c1-5-22(6-2)13-8-12-21-20(24)17-9-7-14-23(17)29(25,26)16-10-11-18(27-3)19(15-16)28-4/h10-11,15,17H,5-9,12-14H2,1-4H3,(H,21,24). The summed E-state index contributed by atoms with van der Waals surface area (Å²) in [6.07, 6.45) is 2.01. The van der Waals surface area contributed by atoms with Crippen LogP contribution in [0.4, 0.5) is 0 Å². The summed E-state index contributed by atoms with van der Waals surface area (Å²) in [5.74, 6) is 0.562. The number of sulfonamides is 1. The molecule has 0 saturated carbocycles. The summed E-state index contributed by atoms with van der Waals surface area (Å²) >= 11 is 0. The van der Waals surface area contributed by atoms with E-state index in [1.807, 2.05) is 0 Å². The summed E-state index contributed by atoms with van der Waals surface area (Å²) < 4.78 is 38.0. The van der Waals surface area contributed by atoms with E-state index in [2.05, 4.69) is 24.1 Å². The Morgan fingerprint density at radius 2 is 1.90 bits per heavy atom. The van der Waals surface area contributed by atoms with Gasteiger partial charge in [0.2, 0.25) is 15.9 Å². The molecule has 1 aliphatic heterocycles. The van der Waals surface area contributed by atoms with E-state index < -0.39 is 16.1 Å². The van der Waals surface area contributed by atoms with E-state index in [9.17, 15) is 13.2 Å². The minimum Gasteiger partial charge on any atom is -0.493 e. The molecule has 1 amide bonds. The second-order valence-electron chi connectivity index (χ2n) is 6.96. The van der Waals surface area contributed by atoms with Crippen LogP contribution in [0.2, 0.25) is 0 Å². The normalized spacial score (nSPS) is 17.5. The molecule has 1 aliphatic rings. The Bertz CT molecular complexity index is 780. The van der Waals surface area contributed by atoms with Crippen LogP contribution in [-0.2, 0) is 14.8 Å². The fraction of sp³-hybridized carbons (Fsp3) is 0.650. The third kappa shape index (κ3) is 5.61. The van der Waals surface area contributed by atoms with Crippen LogP contribution >= 0.6 is 0 Å². The summed E-state index contributed by atoms with van der Waals surface area (Å²) in [4.78, 5) is 15.0. The first-order valence-corrected chi connectivity index (χ1v) is 11.6. The molecule has 0 aromatic heterocycles. The Kier molecular flexibility index (Phi) is 8.73. The predicted octanol–water partition coefficient (Wildman–Crippen LogP) is 1.71. The number of hydrogen-bond donors (Lipinski definition) is 1. The molecule has 2 rings (SSSR count). The van der Waals surface area contributed by atoms with Crippen molar-refractivity contribution in [3.05, 3.63) is 18.2 Å². The molecule has 1 aromatic rings. The Labute approximate surface area is 174 Å². The number of methoxy groups -OCH3 is 2. The molecule has 1 atom stereocenters. The maximum absolute atomic E-state index is 13.2. The number of amides is 1. The average Bonchev–Trinajstić information content (AvgIpc) is 3.24. The quantitative estimate of drug-likeness (QED) is 0.541. The zero-order chi connectivity index (χ0) is 21.4. The molecular formula is C20H33N3O5S. The van der Waals surface area contributed by atoms with Crippen LogP contribution in [0.15, 0.2) is 23.1 Å². The van der Waals surface area contributed by atoms with E-state index in [-0.39, 0.29) is 10.8 Å². The van der Waals surface area contributed by atoms with Gasteiger partial charge in [0.1, 0.15) is 6.04 Å². The van der Waals surface area contributed by atoms with Gasteiger partial charge in [0.25, 0.3) is 0 Å². The van der Waals surface area contributed by atoms with Crippen molar-refractivity contribution in [3.63, 3.8) is 0 Å². The minimum atomic E-state index is -3.81. The van der Waals surface area contributed by atoms with E-state index in [0.717, 1.165) is 26.1 Å². The highest BCUT2D eigenvalue weighted by molar-refractivity contribution is 7.89. The number of hydrogen-bond acceptors (Lipinski definition) is 6. The molecule has 1 unspecified atom stereocenters. The molecule has 8 nitrogen and oxygen atoms in total. The number of carbonyl (C=O) groups is 1. The van der Waals surface area contributed by atoms with Crippen LogP contribution in [0.5, 0.6) is 11.5 Å². The number of nitrogens with zero attached hydrogens (tertiary/aromatic N) is 2. The largest absolute Gasteiger partial charge is 0.493 e. The monoisotopic (exact) mass is 427 g/mol. The van der Waals surface area contributed by atoms with Gasteiger partial charge in [-0.2, -0.15) is 4.31 Å². The summed E-state index contributed by atoms with van der Waals surface area (Å²) in [5, 5.41) is 2.91. The van der Waals surface area contributed by atoms with Gasteiger partial charge in [-0.1, -0.05) is 13.8 Å². The summed E-state index contributed by atoms with van der Waals surface area (Å²) in [6.45, 7) is 7.94. The van der Waals surface area contributed by atoms with E-state index >= 15 is 0 Å². The fourth-order valence-electron chi connectivity index (χ4n) is 3.57. The van der Waals surface area contributed by atoms with Crippen molar-refractivity contribution in [1.29, 1.82) is 0 Å². The van der Waals surface area contributed by atoms with Gasteiger partial charge in [-0.05, 0) is 51.0 Å². The Hall–Kier alpha value is -1.84. The lowest BCUT2D eigenvalue weighted by atomic mass is 10.2. The third-order valence-corrected chi connectivity index (χ3v) is 7.22. The van der Waals surface area contributed by atoms with Crippen molar-refractivity contribution in [2.75, 3.05) is 46.9 Å². The number of ether oxygens (including phenoxy) is 2. The highest BCUT2D eigenvalue weighted by Gasteiger charge is 2.39. The first-order chi connectivity index (χ1) is 13.9. The SMILES string of the molecule is CCN(CC)CCCNC(=O)C1CCCN1S(=O)(=O)c1ccc(OC)c(OC)c1. The molecule has 29 heavy (non-hydrogen) atoms. The summed E-state index contributed by atoms with van der Waals surface area (Å²) in [7, 11) is -0.864. The van der Waals surface area contributed by atoms with E-state index in [1.165, 1.54) is 30.7 Å². The van der Waals surface area contributed by atoms with Gasteiger partial charge in [-0.3, -0.25) is 4.79 Å². The third-order valence-electron chi connectivity index (χ3n) is 5.31. The number of rotatable bonds is 11. The highest BCUT2D eigenvalue weighted by Crippen LogP contribution is 2.33. The maximum Gasteiger partial charge on any atom is 0.243 e. The Morgan fingerprint density at radius 3 is 2.52 bits per heavy atom. The van der Waals surface area contributed by atoms with Gasteiger partial charge in [0, 0.05) is 19.2 Å². The molecule has 9 heteroatoms. The first kappa shape index (κ1) is 23.4.